The summed E-state index contributed by atoms with van der Waals surface area (Å²) in [6, 6.07) is 1.93. The van der Waals surface area contributed by atoms with Gasteiger partial charge in [-0.15, -0.1) is 11.3 Å². The minimum absolute atomic E-state index is 0.00199. The van der Waals surface area contributed by atoms with Crippen LogP contribution in [0.2, 0.25) is 0 Å². The Kier molecular flexibility index (Phi) is 5.22. The standard InChI is InChI=1S/C18H24N4O2S/c1-11-8-12(2)20-17(24)15(11)9-19-16(23)14-4-6-22(7-5-14)18-21-13(3)10-25-18/h8,10,14H,4-7,9H2,1-3H3,(H,19,23)(H,20,24). The summed E-state index contributed by atoms with van der Waals surface area (Å²) in [5.41, 5.74) is 3.30. The molecule has 1 amide bonds. The van der Waals surface area contributed by atoms with Gasteiger partial charge in [-0.3, -0.25) is 9.59 Å². The number of pyridine rings is 1. The van der Waals surface area contributed by atoms with Gasteiger partial charge < -0.3 is 15.2 Å². The number of thiazole rings is 1. The maximum absolute atomic E-state index is 12.5. The van der Waals surface area contributed by atoms with Crippen LogP contribution in [-0.4, -0.2) is 29.0 Å². The molecule has 3 rings (SSSR count). The van der Waals surface area contributed by atoms with E-state index in [1.165, 1.54) is 0 Å². The topological polar surface area (TPSA) is 78.1 Å². The number of hydrogen-bond donors (Lipinski definition) is 2. The first-order valence-electron chi connectivity index (χ1n) is 8.58. The van der Waals surface area contributed by atoms with E-state index in [0.717, 1.165) is 48.0 Å². The van der Waals surface area contributed by atoms with E-state index in [1.807, 2.05) is 26.8 Å². The van der Waals surface area contributed by atoms with E-state index in [9.17, 15) is 9.59 Å². The van der Waals surface area contributed by atoms with E-state index < -0.39 is 0 Å². The van der Waals surface area contributed by atoms with E-state index in [1.54, 1.807) is 11.3 Å². The molecule has 0 saturated carbocycles. The summed E-state index contributed by atoms with van der Waals surface area (Å²) in [5, 5.41) is 6.03. The summed E-state index contributed by atoms with van der Waals surface area (Å²) in [7, 11) is 0. The number of rotatable bonds is 4. The molecule has 1 fully saturated rings. The Morgan fingerprint density at radius 1 is 1.36 bits per heavy atom. The summed E-state index contributed by atoms with van der Waals surface area (Å²) in [6.07, 6.45) is 1.63. The Hall–Kier alpha value is -2.15. The third-order valence-electron chi connectivity index (χ3n) is 4.68. The van der Waals surface area contributed by atoms with Crippen molar-refractivity contribution in [1.29, 1.82) is 0 Å². The van der Waals surface area contributed by atoms with Crippen LogP contribution in [0, 0.1) is 26.7 Å². The number of aromatic nitrogens is 2. The average molecular weight is 360 g/mol. The van der Waals surface area contributed by atoms with Crippen molar-refractivity contribution in [2.75, 3.05) is 18.0 Å². The van der Waals surface area contributed by atoms with Crippen LogP contribution in [0.25, 0.3) is 0 Å². The number of nitrogens with zero attached hydrogens (tertiary/aromatic N) is 2. The molecular weight excluding hydrogens is 336 g/mol. The highest BCUT2D eigenvalue weighted by molar-refractivity contribution is 7.13. The predicted molar refractivity (Wildman–Crippen MR) is 100 cm³/mol. The van der Waals surface area contributed by atoms with Crippen molar-refractivity contribution in [2.45, 2.75) is 40.2 Å². The molecule has 2 N–H and O–H groups in total. The zero-order valence-electron chi connectivity index (χ0n) is 14.9. The Balaban J connectivity index is 1.54. The van der Waals surface area contributed by atoms with Crippen molar-refractivity contribution in [3.05, 3.63) is 44.3 Å². The molecule has 0 radical (unpaired) electrons. The lowest BCUT2D eigenvalue weighted by Gasteiger charge is -2.31. The van der Waals surface area contributed by atoms with Crippen molar-refractivity contribution in [3.63, 3.8) is 0 Å². The minimum atomic E-state index is -0.119. The van der Waals surface area contributed by atoms with Crippen LogP contribution in [0.5, 0.6) is 0 Å². The number of piperidine rings is 1. The molecule has 7 heteroatoms. The van der Waals surface area contributed by atoms with Gasteiger partial charge in [-0.1, -0.05) is 0 Å². The van der Waals surface area contributed by atoms with Crippen molar-refractivity contribution in [2.24, 2.45) is 5.92 Å². The maximum Gasteiger partial charge on any atom is 0.253 e. The fourth-order valence-corrected chi connectivity index (χ4v) is 4.10. The Morgan fingerprint density at radius 3 is 2.68 bits per heavy atom. The molecule has 0 aliphatic carbocycles. The fourth-order valence-electron chi connectivity index (χ4n) is 3.24. The van der Waals surface area contributed by atoms with Gasteiger partial charge in [0.1, 0.15) is 0 Å². The summed E-state index contributed by atoms with van der Waals surface area (Å²) in [5.74, 6) is 0.0384. The zero-order valence-corrected chi connectivity index (χ0v) is 15.7. The number of aromatic amines is 1. The molecule has 0 aromatic carbocycles. The number of H-pyrrole nitrogens is 1. The van der Waals surface area contributed by atoms with Crippen LogP contribution >= 0.6 is 11.3 Å². The maximum atomic E-state index is 12.5. The number of carbonyl (C=O) groups excluding carboxylic acids is 1. The molecular formula is C18H24N4O2S. The van der Waals surface area contributed by atoms with Crippen LogP contribution in [-0.2, 0) is 11.3 Å². The van der Waals surface area contributed by atoms with Crippen LogP contribution in [0.15, 0.2) is 16.2 Å². The number of anilines is 1. The Labute approximate surface area is 151 Å². The van der Waals surface area contributed by atoms with Crippen molar-refractivity contribution in [1.82, 2.24) is 15.3 Å². The molecule has 25 heavy (non-hydrogen) atoms. The molecule has 0 atom stereocenters. The number of carbonyl (C=O) groups is 1. The Bertz CT molecular complexity index is 819. The summed E-state index contributed by atoms with van der Waals surface area (Å²) in [4.78, 5) is 34.0. The fraction of sp³-hybridized carbons (Fsp3) is 0.500. The number of aryl methyl sites for hydroxylation is 3. The lowest BCUT2D eigenvalue weighted by atomic mass is 9.96. The van der Waals surface area contributed by atoms with Crippen molar-refractivity contribution in [3.8, 4) is 0 Å². The summed E-state index contributed by atoms with van der Waals surface area (Å²) in [6.45, 7) is 7.72. The molecule has 0 unspecified atom stereocenters. The molecule has 0 spiro atoms. The van der Waals surface area contributed by atoms with Gasteiger partial charge in [-0.05, 0) is 45.2 Å². The highest BCUT2D eigenvalue weighted by atomic mass is 32.1. The van der Waals surface area contributed by atoms with E-state index in [-0.39, 0.29) is 23.9 Å². The second-order valence-electron chi connectivity index (χ2n) is 6.69. The van der Waals surface area contributed by atoms with Gasteiger partial charge >= 0.3 is 0 Å². The summed E-state index contributed by atoms with van der Waals surface area (Å²) >= 11 is 1.65. The van der Waals surface area contributed by atoms with E-state index >= 15 is 0 Å². The molecule has 0 bridgehead atoms. The van der Waals surface area contributed by atoms with Crippen LogP contribution in [0.3, 0.4) is 0 Å². The van der Waals surface area contributed by atoms with Gasteiger partial charge in [-0.2, -0.15) is 0 Å². The van der Waals surface area contributed by atoms with Crippen molar-refractivity contribution >= 4 is 22.4 Å². The van der Waals surface area contributed by atoms with Crippen LogP contribution < -0.4 is 15.8 Å². The highest BCUT2D eigenvalue weighted by Crippen LogP contribution is 2.26. The molecule has 2 aromatic heterocycles. The lowest BCUT2D eigenvalue weighted by Crippen LogP contribution is -2.41. The zero-order chi connectivity index (χ0) is 18.0. The van der Waals surface area contributed by atoms with Gasteiger partial charge in [0.05, 0.1) is 5.69 Å². The van der Waals surface area contributed by atoms with Gasteiger partial charge in [0, 0.05) is 42.2 Å². The number of hydrogen-bond acceptors (Lipinski definition) is 5. The number of amides is 1. The van der Waals surface area contributed by atoms with Crippen molar-refractivity contribution < 1.29 is 4.79 Å². The largest absolute Gasteiger partial charge is 0.352 e. The Morgan fingerprint density at radius 2 is 2.08 bits per heavy atom. The van der Waals surface area contributed by atoms with Crippen LogP contribution in [0.4, 0.5) is 5.13 Å². The predicted octanol–water partition coefficient (Wildman–Crippen LogP) is 2.29. The third kappa shape index (κ3) is 4.10. The second kappa shape index (κ2) is 7.39. The third-order valence-corrected chi connectivity index (χ3v) is 5.70. The average Bonchev–Trinajstić information content (AvgIpc) is 3.00. The smallest absolute Gasteiger partial charge is 0.253 e. The summed E-state index contributed by atoms with van der Waals surface area (Å²) < 4.78 is 0. The van der Waals surface area contributed by atoms with Gasteiger partial charge in [0.2, 0.25) is 5.91 Å². The molecule has 134 valence electrons. The minimum Gasteiger partial charge on any atom is -0.352 e. The first-order chi connectivity index (χ1) is 11.9. The normalized spacial score (nSPS) is 15.4. The van der Waals surface area contributed by atoms with Gasteiger partial charge in [0.25, 0.3) is 5.56 Å². The number of nitrogens with one attached hydrogen (secondary N) is 2. The molecule has 2 aromatic rings. The van der Waals surface area contributed by atoms with Gasteiger partial charge in [0.15, 0.2) is 5.13 Å². The lowest BCUT2D eigenvalue weighted by molar-refractivity contribution is -0.125. The quantitative estimate of drug-likeness (QED) is 0.877. The molecule has 3 heterocycles. The second-order valence-corrected chi connectivity index (χ2v) is 7.53. The SMILES string of the molecule is Cc1csc(N2CCC(C(=O)NCc3c(C)cc(C)[nH]c3=O)CC2)n1. The molecule has 1 aliphatic rings. The first-order valence-corrected chi connectivity index (χ1v) is 9.46. The van der Waals surface area contributed by atoms with E-state index in [2.05, 4.69) is 25.6 Å². The first kappa shape index (κ1) is 17.7. The molecule has 1 saturated heterocycles. The molecule has 1 aliphatic heterocycles. The molecule has 6 nitrogen and oxygen atoms in total. The highest BCUT2D eigenvalue weighted by Gasteiger charge is 2.26. The monoisotopic (exact) mass is 360 g/mol. The van der Waals surface area contributed by atoms with Crippen LogP contribution in [0.1, 0.15) is 35.4 Å². The van der Waals surface area contributed by atoms with Gasteiger partial charge in [-0.25, -0.2) is 4.98 Å². The van der Waals surface area contributed by atoms with E-state index in [0.29, 0.717) is 5.56 Å². The van der Waals surface area contributed by atoms with E-state index in [4.69, 9.17) is 0 Å².